The van der Waals surface area contributed by atoms with Gasteiger partial charge in [-0.05, 0) is 0 Å². The maximum atomic E-state index is 10.3. The molecule has 0 aliphatic heterocycles. The summed E-state index contributed by atoms with van der Waals surface area (Å²) in [6.07, 6.45) is 4.49. The molecule has 1 aromatic rings. The van der Waals surface area contributed by atoms with Gasteiger partial charge in [0.15, 0.2) is 0 Å². The van der Waals surface area contributed by atoms with E-state index in [0.29, 0.717) is 0 Å². The van der Waals surface area contributed by atoms with Crippen molar-refractivity contribution in [1.82, 2.24) is 9.55 Å². The van der Waals surface area contributed by atoms with Crippen LogP contribution in [0.25, 0.3) is 0 Å². The Morgan fingerprint density at radius 3 is 2.75 bits per heavy atom. The van der Waals surface area contributed by atoms with Gasteiger partial charge in [0, 0.05) is 19.3 Å². The second-order valence-electron chi connectivity index (χ2n) is 1.36. The van der Waals surface area contributed by atoms with Crippen LogP contribution in [-0.2, 0) is 0 Å². The Kier molecular flexibility index (Phi) is 1.12. The van der Waals surface area contributed by atoms with Crippen LogP contribution in [0.15, 0.2) is 18.7 Å². The lowest BCUT2D eigenvalue weighted by Crippen LogP contribution is -2.01. The van der Waals surface area contributed by atoms with E-state index < -0.39 is 0 Å². The third-order valence-corrected chi connectivity index (χ3v) is 0.792. The van der Waals surface area contributed by atoms with E-state index in [9.17, 15) is 4.79 Å². The average Bonchev–Trinajstić information content (AvgIpc) is 2.12. The van der Waals surface area contributed by atoms with Gasteiger partial charge in [-0.2, -0.15) is 0 Å². The van der Waals surface area contributed by atoms with Crippen molar-refractivity contribution in [3.8, 4) is 0 Å². The topological polar surface area (TPSA) is 34.9 Å². The van der Waals surface area contributed by atoms with Crippen LogP contribution in [0.5, 0.6) is 0 Å². The van der Waals surface area contributed by atoms with Crippen molar-refractivity contribution in [2.24, 2.45) is 0 Å². The van der Waals surface area contributed by atoms with E-state index in [4.69, 9.17) is 0 Å². The van der Waals surface area contributed by atoms with Gasteiger partial charge in [0.05, 0.1) is 0 Å². The number of hydrogen-bond donors (Lipinski definition) is 0. The van der Waals surface area contributed by atoms with Crippen LogP contribution < -0.4 is 0 Å². The summed E-state index contributed by atoms with van der Waals surface area (Å²) in [6, 6.07) is 0. The number of imidazole rings is 1. The third kappa shape index (κ3) is 0.753. The van der Waals surface area contributed by atoms with Crippen molar-refractivity contribution in [2.75, 3.05) is 0 Å². The van der Waals surface area contributed by atoms with Crippen LogP contribution in [0.2, 0.25) is 0 Å². The lowest BCUT2D eigenvalue weighted by Gasteiger charge is -1.87. The zero-order chi connectivity index (χ0) is 5.98. The highest BCUT2D eigenvalue weighted by Gasteiger charge is 1.90. The minimum atomic E-state index is -0.262. The first-order chi connectivity index (χ1) is 3.80. The molecular formula is C5H5N2O. The van der Waals surface area contributed by atoms with Gasteiger partial charge >= 0.3 is 0 Å². The summed E-state index contributed by atoms with van der Waals surface area (Å²) < 4.78 is 1.31. The Balaban J connectivity index is 2.93. The molecule has 0 aromatic carbocycles. The van der Waals surface area contributed by atoms with E-state index in [1.54, 1.807) is 6.20 Å². The fourth-order valence-corrected chi connectivity index (χ4v) is 0.407. The highest BCUT2D eigenvalue weighted by atomic mass is 16.1. The molecule has 0 bridgehead atoms. The summed E-state index contributed by atoms with van der Waals surface area (Å²) in [4.78, 5) is 14.0. The molecule has 3 heteroatoms. The van der Waals surface area contributed by atoms with Crippen molar-refractivity contribution in [3.05, 3.63) is 25.6 Å². The van der Waals surface area contributed by atoms with Crippen molar-refractivity contribution >= 4 is 5.91 Å². The van der Waals surface area contributed by atoms with E-state index in [1.165, 1.54) is 17.1 Å². The van der Waals surface area contributed by atoms with Gasteiger partial charge < -0.3 is 0 Å². The van der Waals surface area contributed by atoms with E-state index in [-0.39, 0.29) is 5.91 Å². The summed E-state index contributed by atoms with van der Waals surface area (Å²) in [7, 11) is 0. The summed E-state index contributed by atoms with van der Waals surface area (Å²) in [5, 5.41) is 0. The summed E-state index contributed by atoms with van der Waals surface area (Å²) in [5.74, 6) is -0.262. The highest BCUT2D eigenvalue weighted by Crippen LogP contribution is 1.81. The molecule has 1 heterocycles. The molecule has 41 valence electrons. The minimum absolute atomic E-state index is 0.262. The molecule has 8 heavy (non-hydrogen) atoms. The van der Waals surface area contributed by atoms with E-state index in [1.807, 2.05) is 0 Å². The normalized spacial score (nSPS) is 9.12. The third-order valence-electron chi connectivity index (χ3n) is 0.792. The number of carbonyl (C=O) groups is 1. The highest BCUT2D eigenvalue weighted by molar-refractivity contribution is 5.82. The molecule has 3 nitrogen and oxygen atoms in total. The summed E-state index contributed by atoms with van der Waals surface area (Å²) in [5.41, 5.74) is 0. The molecule has 0 unspecified atom stereocenters. The predicted octanol–water partition coefficient (Wildman–Crippen LogP) is 0.357. The van der Waals surface area contributed by atoms with Crippen molar-refractivity contribution < 1.29 is 4.79 Å². The average molecular weight is 109 g/mol. The van der Waals surface area contributed by atoms with Gasteiger partial charge in [-0.1, -0.05) is 0 Å². The Morgan fingerprint density at radius 2 is 2.50 bits per heavy atom. The number of carbonyl (C=O) groups excluding carboxylic acids is 1. The molecule has 0 spiro atoms. The molecule has 1 rings (SSSR count). The molecule has 0 aliphatic carbocycles. The van der Waals surface area contributed by atoms with Gasteiger partial charge in [-0.15, -0.1) is 0 Å². The summed E-state index contributed by atoms with van der Waals surface area (Å²) in [6.45, 7) is 3.16. The molecule has 0 aliphatic rings. The SMILES string of the molecule is [CH2]C(=O)n1ccnc1. The second kappa shape index (κ2) is 1.78. The molecule has 0 saturated carbocycles. The molecular weight excluding hydrogens is 104 g/mol. The molecule has 0 saturated heterocycles. The number of aromatic nitrogens is 2. The van der Waals surface area contributed by atoms with Crippen LogP contribution in [-0.4, -0.2) is 15.5 Å². The van der Waals surface area contributed by atoms with Crippen LogP contribution in [0.4, 0.5) is 0 Å². The van der Waals surface area contributed by atoms with Gasteiger partial charge in [0.1, 0.15) is 6.33 Å². The first-order valence-electron chi connectivity index (χ1n) is 2.15. The van der Waals surface area contributed by atoms with Gasteiger partial charge in [-0.3, -0.25) is 9.36 Å². The fourth-order valence-electron chi connectivity index (χ4n) is 0.407. The number of hydrogen-bond acceptors (Lipinski definition) is 2. The Labute approximate surface area is 47.0 Å². The standard InChI is InChI=1S/C5H5N2O/c1-5(8)7-3-2-6-4-7/h2-4H,1H2. The largest absolute Gasteiger partial charge is 0.276 e. The zero-order valence-electron chi connectivity index (χ0n) is 4.24. The van der Waals surface area contributed by atoms with Gasteiger partial charge in [0.25, 0.3) is 0 Å². The van der Waals surface area contributed by atoms with E-state index >= 15 is 0 Å². The zero-order valence-corrected chi connectivity index (χ0v) is 4.24. The van der Waals surface area contributed by atoms with Crippen LogP contribution in [0.3, 0.4) is 0 Å². The van der Waals surface area contributed by atoms with Crippen LogP contribution in [0, 0.1) is 6.92 Å². The Hall–Kier alpha value is -1.12. The van der Waals surface area contributed by atoms with Crippen molar-refractivity contribution in [3.63, 3.8) is 0 Å². The molecule has 0 N–H and O–H groups in total. The molecule has 0 fully saturated rings. The minimum Gasteiger partial charge on any atom is -0.276 e. The number of nitrogens with zero attached hydrogens (tertiary/aromatic N) is 2. The quantitative estimate of drug-likeness (QED) is 0.482. The molecule has 0 amide bonds. The van der Waals surface area contributed by atoms with Crippen LogP contribution >= 0.6 is 0 Å². The second-order valence-corrected chi connectivity index (χ2v) is 1.36. The lowest BCUT2D eigenvalue weighted by molar-refractivity contribution is 0.0966. The van der Waals surface area contributed by atoms with Gasteiger partial charge in [-0.25, -0.2) is 4.98 Å². The Bertz CT molecular complexity index is 178. The van der Waals surface area contributed by atoms with E-state index in [0.717, 1.165) is 0 Å². The van der Waals surface area contributed by atoms with Gasteiger partial charge in [0.2, 0.25) is 5.91 Å². The predicted molar refractivity (Wildman–Crippen MR) is 28.2 cm³/mol. The fraction of sp³-hybridized carbons (Fsp3) is 0. The molecule has 1 radical (unpaired) electrons. The Morgan fingerprint density at radius 1 is 1.75 bits per heavy atom. The smallest absolute Gasteiger partial charge is 0.232 e. The van der Waals surface area contributed by atoms with Crippen molar-refractivity contribution in [2.45, 2.75) is 0 Å². The summed E-state index contributed by atoms with van der Waals surface area (Å²) >= 11 is 0. The lowest BCUT2D eigenvalue weighted by atomic mass is 10.7. The first-order valence-corrected chi connectivity index (χ1v) is 2.15. The number of rotatable bonds is 0. The monoisotopic (exact) mass is 109 g/mol. The first kappa shape index (κ1) is 5.03. The maximum Gasteiger partial charge on any atom is 0.232 e. The molecule has 0 atom stereocenters. The van der Waals surface area contributed by atoms with E-state index in [2.05, 4.69) is 11.9 Å². The molecule has 1 aromatic heterocycles. The maximum absolute atomic E-state index is 10.3. The van der Waals surface area contributed by atoms with Crippen molar-refractivity contribution in [1.29, 1.82) is 0 Å². The van der Waals surface area contributed by atoms with Crippen LogP contribution in [0.1, 0.15) is 4.79 Å².